The van der Waals surface area contributed by atoms with E-state index in [1.54, 1.807) is 0 Å². The van der Waals surface area contributed by atoms with Crippen molar-refractivity contribution >= 4 is 11.5 Å². The minimum atomic E-state index is 0.0449. The fourth-order valence-electron chi connectivity index (χ4n) is 2.63. The average molecular weight is 263 g/mol. The molecule has 0 amide bonds. The van der Waals surface area contributed by atoms with Gasteiger partial charge in [-0.25, -0.2) is 4.98 Å². The predicted molar refractivity (Wildman–Crippen MR) is 79.2 cm³/mol. The van der Waals surface area contributed by atoms with Crippen LogP contribution in [0.15, 0.2) is 12.3 Å². The molecule has 1 aliphatic carbocycles. The van der Waals surface area contributed by atoms with Gasteiger partial charge in [0.25, 0.3) is 0 Å². The standard InChI is InChI=1S/C15H25N3O/c1-3-19-11(2)12-9-14(16)15(17-10-12)18-13-7-5-4-6-8-13/h9-11,13H,3-8,16H2,1-2H3,(H,17,18). The van der Waals surface area contributed by atoms with E-state index in [-0.39, 0.29) is 6.10 Å². The molecule has 1 aliphatic rings. The Morgan fingerprint density at radius 1 is 1.42 bits per heavy atom. The molecule has 1 aromatic heterocycles. The van der Waals surface area contributed by atoms with Crippen molar-refractivity contribution in [2.75, 3.05) is 17.7 Å². The van der Waals surface area contributed by atoms with Crippen LogP contribution < -0.4 is 11.1 Å². The van der Waals surface area contributed by atoms with E-state index < -0.39 is 0 Å². The van der Waals surface area contributed by atoms with Gasteiger partial charge >= 0.3 is 0 Å². The predicted octanol–water partition coefficient (Wildman–Crippen LogP) is 3.51. The molecule has 4 heteroatoms. The summed E-state index contributed by atoms with van der Waals surface area (Å²) >= 11 is 0. The molecule has 19 heavy (non-hydrogen) atoms. The van der Waals surface area contributed by atoms with Crippen LogP contribution >= 0.6 is 0 Å². The van der Waals surface area contributed by atoms with Gasteiger partial charge in [0.2, 0.25) is 0 Å². The third-order valence-electron chi connectivity index (χ3n) is 3.77. The Hall–Kier alpha value is -1.29. The Bertz CT molecular complexity index is 402. The van der Waals surface area contributed by atoms with Gasteiger partial charge in [-0.1, -0.05) is 19.3 Å². The number of nitrogens with one attached hydrogen (secondary N) is 1. The Labute approximate surface area is 115 Å². The van der Waals surface area contributed by atoms with E-state index >= 15 is 0 Å². The van der Waals surface area contributed by atoms with Crippen LogP contribution in [0.25, 0.3) is 0 Å². The monoisotopic (exact) mass is 263 g/mol. The SMILES string of the molecule is CCOC(C)c1cnc(NC2CCCCC2)c(N)c1. The highest BCUT2D eigenvalue weighted by atomic mass is 16.5. The first-order chi connectivity index (χ1) is 9.20. The molecule has 0 aromatic carbocycles. The van der Waals surface area contributed by atoms with E-state index in [1.807, 2.05) is 26.1 Å². The fourth-order valence-corrected chi connectivity index (χ4v) is 2.63. The molecule has 0 bridgehead atoms. The first kappa shape index (κ1) is 14.1. The number of ether oxygens (including phenoxy) is 1. The molecule has 1 fully saturated rings. The van der Waals surface area contributed by atoms with Crippen molar-refractivity contribution in [1.82, 2.24) is 4.98 Å². The summed E-state index contributed by atoms with van der Waals surface area (Å²) in [7, 11) is 0. The second-order valence-corrected chi connectivity index (χ2v) is 5.28. The number of hydrogen-bond acceptors (Lipinski definition) is 4. The molecule has 0 aliphatic heterocycles. The number of nitrogens with two attached hydrogens (primary N) is 1. The molecule has 1 heterocycles. The van der Waals surface area contributed by atoms with Gasteiger partial charge in [-0.2, -0.15) is 0 Å². The Morgan fingerprint density at radius 3 is 2.79 bits per heavy atom. The molecule has 1 aromatic rings. The molecule has 3 N–H and O–H groups in total. The fraction of sp³-hybridized carbons (Fsp3) is 0.667. The number of pyridine rings is 1. The molecule has 4 nitrogen and oxygen atoms in total. The van der Waals surface area contributed by atoms with Gasteiger partial charge in [-0.15, -0.1) is 0 Å². The lowest BCUT2D eigenvalue weighted by atomic mass is 9.95. The quantitative estimate of drug-likeness (QED) is 0.853. The summed E-state index contributed by atoms with van der Waals surface area (Å²) in [6.45, 7) is 4.71. The Kier molecular flexibility index (Phi) is 5.02. The molecule has 1 unspecified atom stereocenters. The molecule has 1 atom stereocenters. The van der Waals surface area contributed by atoms with Crippen LogP contribution in [0.1, 0.15) is 57.6 Å². The zero-order valence-corrected chi connectivity index (χ0v) is 12.0. The molecule has 0 saturated heterocycles. The topological polar surface area (TPSA) is 60.2 Å². The highest BCUT2D eigenvalue weighted by Gasteiger charge is 2.15. The van der Waals surface area contributed by atoms with Crippen molar-refractivity contribution in [3.8, 4) is 0 Å². The van der Waals surface area contributed by atoms with Crippen molar-refractivity contribution in [3.63, 3.8) is 0 Å². The first-order valence-electron chi connectivity index (χ1n) is 7.34. The third kappa shape index (κ3) is 3.83. The second kappa shape index (κ2) is 6.75. The van der Waals surface area contributed by atoms with E-state index in [9.17, 15) is 0 Å². The van der Waals surface area contributed by atoms with Crippen LogP contribution in [0.3, 0.4) is 0 Å². The van der Waals surface area contributed by atoms with Crippen LogP contribution in [0, 0.1) is 0 Å². The molecular formula is C15H25N3O. The normalized spacial score (nSPS) is 18.2. The van der Waals surface area contributed by atoms with Crippen LogP contribution in [0.4, 0.5) is 11.5 Å². The Balaban J connectivity index is 2.01. The summed E-state index contributed by atoms with van der Waals surface area (Å²) in [4.78, 5) is 4.46. The summed E-state index contributed by atoms with van der Waals surface area (Å²) < 4.78 is 5.56. The second-order valence-electron chi connectivity index (χ2n) is 5.28. The number of aromatic nitrogens is 1. The molecule has 106 valence electrons. The minimum absolute atomic E-state index is 0.0449. The Morgan fingerprint density at radius 2 is 2.16 bits per heavy atom. The number of hydrogen-bond donors (Lipinski definition) is 2. The van der Waals surface area contributed by atoms with E-state index in [1.165, 1.54) is 32.1 Å². The van der Waals surface area contributed by atoms with Gasteiger partial charge in [0.1, 0.15) is 5.82 Å². The summed E-state index contributed by atoms with van der Waals surface area (Å²) in [6.07, 6.45) is 8.31. The number of nitrogen functional groups attached to an aromatic ring is 1. The maximum atomic E-state index is 6.09. The van der Waals surface area contributed by atoms with Crippen molar-refractivity contribution in [1.29, 1.82) is 0 Å². The summed E-state index contributed by atoms with van der Waals surface area (Å²) in [5, 5.41) is 3.47. The summed E-state index contributed by atoms with van der Waals surface area (Å²) in [6, 6.07) is 2.50. The van der Waals surface area contributed by atoms with Gasteiger partial charge in [0.15, 0.2) is 0 Å². The molecule has 1 saturated carbocycles. The lowest BCUT2D eigenvalue weighted by Gasteiger charge is -2.24. The van der Waals surface area contributed by atoms with E-state index in [2.05, 4.69) is 10.3 Å². The smallest absolute Gasteiger partial charge is 0.149 e. The van der Waals surface area contributed by atoms with Crippen molar-refractivity contribution < 1.29 is 4.74 Å². The lowest BCUT2D eigenvalue weighted by molar-refractivity contribution is 0.0762. The van der Waals surface area contributed by atoms with Crippen molar-refractivity contribution in [2.45, 2.75) is 58.1 Å². The molecule has 0 spiro atoms. The van der Waals surface area contributed by atoms with Gasteiger partial charge in [0.05, 0.1) is 11.8 Å². The molecule has 2 rings (SSSR count). The zero-order valence-electron chi connectivity index (χ0n) is 12.0. The lowest BCUT2D eigenvalue weighted by Crippen LogP contribution is -2.23. The zero-order chi connectivity index (χ0) is 13.7. The van der Waals surface area contributed by atoms with Gasteiger partial charge in [-0.05, 0) is 32.8 Å². The summed E-state index contributed by atoms with van der Waals surface area (Å²) in [5.41, 5.74) is 7.84. The largest absolute Gasteiger partial charge is 0.396 e. The highest BCUT2D eigenvalue weighted by Crippen LogP contribution is 2.26. The van der Waals surface area contributed by atoms with E-state index in [0.717, 1.165) is 17.1 Å². The third-order valence-corrected chi connectivity index (χ3v) is 3.77. The van der Waals surface area contributed by atoms with Crippen molar-refractivity contribution in [3.05, 3.63) is 17.8 Å². The van der Waals surface area contributed by atoms with E-state index in [4.69, 9.17) is 10.5 Å². The van der Waals surface area contributed by atoms with Crippen molar-refractivity contribution in [2.24, 2.45) is 0 Å². The van der Waals surface area contributed by atoms with Crippen LogP contribution in [0.5, 0.6) is 0 Å². The number of rotatable bonds is 5. The average Bonchev–Trinajstić information content (AvgIpc) is 2.42. The number of nitrogens with zero attached hydrogens (tertiary/aromatic N) is 1. The van der Waals surface area contributed by atoms with Gasteiger partial charge in [0, 0.05) is 24.4 Å². The van der Waals surface area contributed by atoms with Crippen LogP contribution in [-0.4, -0.2) is 17.6 Å². The number of anilines is 2. The maximum absolute atomic E-state index is 6.09. The first-order valence-corrected chi connectivity index (χ1v) is 7.34. The minimum Gasteiger partial charge on any atom is -0.396 e. The van der Waals surface area contributed by atoms with Gasteiger partial charge < -0.3 is 15.8 Å². The molecule has 0 radical (unpaired) electrons. The summed E-state index contributed by atoms with van der Waals surface area (Å²) in [5.74, 6) is 0.819. The maximum Gasteiger partial charge on any atom is 0.149 e. The van der Waals surface area contributed by atoms with Gasteiger partial charge in [-0.3, -0.25) is 0 Å². The van der Waals surface area contributed by atoms with Crippen LogP contribution in [-0.2, 0) is 4.74 Å². The van der Waals surface area contributed by atoms with E-state index in [0.29, 0.717) is 12.6 Å². The highest BCUT2D eigenvalue weighted by molar-refractivity contribution is 5.62. The molecular weight excluding hydrogens is 238 g/mol. The van der Waals surface area contributed by atoms with Crippen LogP contribution in [0.2, 0.25) is 0 Å².